The SMILES string of the molecule is CCCCCCCCCCCCCCCCCCCCCCC(=O)O[C@H](COC(=O)CCCCCCCCCCCCCCCCCC)COP(=O)(O)OC[C@@H](O)COP(=O)(O)OC[C@@H](COC(=O)CCCCCCCCCC)OC(=O)CCCCCCCCCCCCC. The molecular weight excluding hydrogens is 1250 g/mol. The summed E-state index contributed by atoms with van der Waals surface area (Å²) in [6.45, 7) is 4.96. The Morgan fingerprint density at radius 2 is 0.421 bits per heavy atom. The van der Waals surface area contributed by atoms with Crippen LogP contribution in [-0.4, -0.2) is 96.7 Å². The summed E-state index contributed by atoms with van der Waals surface area (Å²) < 4.78 is 68.4. The smallest absolute Gasteiger partial charge is 0.462 e. The van der Waals surface area contributed by atoms with Crippen LogP contribution in [-0.2, 0) is 65.4 Å². The van der Waals surface area contributed by atoms with Crippen LogP contribution in [0.1, 0.15) is 407 Å². The lowest BCUT2D eigenvalue weighted by atomic mass is 10.0. The number of carbonyl (C=O) groups is 4. The Labute approximate surface area is 581 Å². The van der Waals surface area contributed by atoms with Crippen LogP contribution in [0.3, 0.4) is 0 Å². The summed E-state index contributed by atoms with van der Waals surface area (Å²) in [5.41, 5.74) is 0. The molecule has 0 saturated carbocycles. The Morgan fingerprint density at radius 3 is 0.621 bits per heavy atom. The molecule has 0 aromatic carbocycles. The molecule has 0 fully saturated rings. The molecule has 0 heterocycles. The summed E-state index contributed by atoms with van der Waals surface area (Å²) in [4.78, 5) is 72.7. The molecule has 0 aromatic rings. The summed E-state index contributed by atoms with van der Waals surface area (Å²) in [7, 11) is -9.90. The molecule has 564 valence electrons. The van der Waals surface area contributed by atoms with E-state index in [0.717, 1.165) is 96.3 Å². The Hall–Kier alpha value is -1.94. The van der Waals surface area contributed by atoms with Gasteiger partial charge in [-0.05, 0) is 25.7 Å². The van der Waals surface area contributed by atoms with Crippen molar-refractivity contribution in [3.8, 4) is 0 Å². The molecule has 0 radical (unpaired) electrons. The zero-order chi connectivity index (χ0) is 69.7. The second-order valence-electron chi connectivity index (χ2n) is 27.4. The zero-order valence-corrected chi connectivity index (χ0v) is 63.4. The number of esters is 4. The van der Waals surface area contributed by atoms with Crippen molar-refractivity contribution in [1.82, 2.24) is 0 Å². The number of unbranched alkanes of at least 4 members (excludes halogenated alkanes) is 51. The van der Waals surface area contributed by atoms with Crippen LogP contribution < -0.4 is 0 Å². The van der Waals surface area contributed by atoms with E-state index in [-0.39, 0.29) is 25.7 Å². The predicted octanol–water partition coefficient (Wildman–Crippen LogP) is 22.6. The van der Waals surface area contributed by atoms with Crippen molar-refractivity contribution in [3.63, 3.8) is 0 Å². The quantitative estimate of drug-likeness (QED) is 0.0222. The summed E-state index contributed by atoms with van der Waals surface area (Å²) in [5, 5.41) is 10.6. The molecule has 2 unspecified atom stereocenters. The number of hydrogen-bond acceptors (Lipinski definition) is 15. The van der Waals surface area contributed by atoms with Crippen molar-refractivity contribution < 1.29 is 80.2 Å². The number of rotatable bonds is 77. The predicted molar refractivity (Wildman–Crippen MR) is 386 cm³/mol. The highest BCUT2D eigenvalue weighted by Gasteiger charge is 2.30. The largest absolute Gasteiger partial charge is 0.472 e. The van der Waals surface area contributed by atoms with Gasteiger partial charge in [0.05, 0.1) is 26.4 Å². The lowest BCUT2D eigenvalue weighted by Crippen LogP contribution is -2.30. The van der Waals surface area contributed by atoms with E-state index in [9.17, 15) is 43.2 Å². The van der Waals surface area contributed by atoms with Gasteiger partial charge in [0.15, 0.2) is 12.2 Å². The topological polar surface area (TPSA) is 237 Å². The van der Waals surface area contributed by atoms with Crippen LogP contribution in [0.25, 0.3) is 0 Å². The van der Waals surface area contributed by atoms with Gasteiger partial charge in [-0.15, -0.1) is 0 Å². The Kier molecular flexibility index (Phi) is 69.1. The van der Waals surface area contributed by atoms with E-state index in [1.165, 1.54) is 231 Å². The standard InChI is InChI=1S/C76H148O17P2/c1-5-9-13-17-21-25-28-30-32-34-35-36-37-39-41-44-47-51-55-59-63-76(81)93-72(67-87-74(79)61-57-53-49-45-43-40-38-33-31-29-26-22-18-14-10-6-2)69-91-95(84,85)89-65-70(77)64-88-94(82,83)90-68-71(66-86-73(78)60-56-52-48-24-20-16-12-8-4)92-75(80)62-58-54-50-46-42-27-23-19-15-11-7-3/h70-72,77H,5-69H2,1-4H3,(H,82,83)(H,84,85)/t70-,71+,72+/m0/s1. The van der Waals surface area contributed by atoms with Gasteiger partial charge in [0.25, 0.3) is 0 Å². The highest BCUT2D eigenvalue weighted by atomic mass is 31.2. The minimum absolute atomic E-state index is 0.107. The average molecular weight is 1400 g/mol. The fourth-order valence-electron chi connectivity index (χ4n) is 11.8. The van der Waals surface area contributed by atoms with Gasteiger partial charge in [-0.3, -0.25) is 37.3 Å². The van der Waals surface area contributed by atoms with E-state index in [0.29, 0.717) is 25.7 Å². The highest BCUT2D eigenvalue weighted by Crippen LogP contribution is 2.45. The first-order valence-corrected chi connectivity index (χ1v) is 42.8. The Balaban J connectivity index is 5.18. The van der Waals surface area contributed by atoms with Crippen LogP contribution in [0.15, 0.2) is 0 Å². The second kappa shape index (κ2) is 70.5. The fraction of sp³-hybridized carbons (Fsp3) is 0.947. The van der Waals surface area contributed by atoms with Crippen LogP contribution in [0, 0.1) is 0 Å². The molecule has 5 atom stereocenters. The van der Waals surface area contributed by atoms with Gasteiger partial charge in [-0.25, -0.2) is 9.13 Å². The van der Waals surface area contributed by atoms with Crippen molar-refractivity contribution in [3.05, 3.63) is 0 Å². The molecule has 17 nitrogen and oxygen atoms in total. The first-order chi connectivity index (χ1) is 46.2. The minimum atomic E-state index is -4.96. The molecule has 0 spiro atoms. The third-order valence-electron chi connectivity index (χ3n) is 17.9. The van der Waals surface area contributed by atoms with Crippen molar-refractivity contribution in [2.75, 3.05) is 39.6 Å². The molecule has 0 rings (SSSR count). The number of aliphatic hydroxyl groups excluding tert-OH is 1. The van der Waals surface area contributed by atoms with Gasteiger partial charge in [-0.1, -0.05) is 355 Å². The molecule has 0 saturated heterocycles. The Morgan fingerprint density at radius 1 is 0.253 bits per heavy atom. The first-order valence-electron chi connectivity index (χ1n) is 39.8. The zero-order valence-electron chi connectivity index (χ0n) is 61.6. The monoisotopic (exact) mass is 1400 g/mol. The maximum absolute atomic E-state index is 13.1. The van der Waals surface area contributed by atoms with Crippen molar-refractivity contribution in [1.29, 1.82) is 0 Å². The summed E-state index contributed by atoms with van der Waals surface area (Å²) in [6.07, 6.45) is 61.1. The van der Waals surface area contributed by atoms with Crippen LogP contribution in [0.2, 0.25) is 0 Å². The van der Waals surface area contributed by atoms with Gasteiger partial charge in [0.2, 0.25) is 0 Å². The number of ether oxygens (including phenoxy) is 4. The van der Waals surface area contributed by atoms with Crippen molar-refractivity contribution in [2.45, 2.75) is 425 Å². The van der Waals surface area contributed by atoms with Crippen molar-refractivity contribution >= 4 is 39.5 Å². The third-order valence-corrected chi connectivity index (χ3v) is 19.8. The van der Waals surface area contributed by atoms with E-state index in [1.54, 1.807) is 0 Å². The average Bonchev–Trinajstić information content (AvgIpc) is 1.93. The number of phosphoric ester groups is 2. The Bertz CT molecular complexity index is 1810. The summed E-state index contributed by atoms with van der Waals surface area (Å²) in [6, 6.07) is 0. The van der Waals surface area contributed by atoms with Crippen LogP contribution in [0.5, 0.6) is 0 Å². The molecule has 0 amide bonds. The van der Waals surface area contributed by atoms with Gasteiger partial charge < -0.3 is 33.8 Å². The molecule has 0 aliphatic rings. The molecule has 19 heteroatoms. The van der Waals surface area contributed by atoms with Gasteiger partial charge in [0, 0.05) is 25.7 Å². The normalized spacial score (nSPS) is 13.9. The number of hydrogen-bond donors (Lipinski definition) is 3. The fourth-order valence-corrected chi connectivity index (χ4v) is 13.3. The molecule has 0 aliphatic heterocycles. The summed E-state index contributed by atoms with van der Waals surface area (Å²) in [5.74, 6) is -2.11. The van der Waals surface area contributed by atoms with Gasteiger partial charge in [0.1, 0.15) is 19.3 Å². The molecule has 3 N–H and O–H groups in total. The first kappa shape index (κ1) is 93.1. The van der Waals surface area contributed by atoms with Gasteiger partial charge >= 0.3 is 39.5 Å². The lowest BCUT2D eigenvalue weighted by molar-refractivity contribution is -0.161. The minimum Gasteiger partial charge on any atom is -0.462 e. The highest BCUT2D eigenvalue weighted by molar-refractivity contribution is 7.47. The second-order valence-corrected chi connectivity index (χ2v) is 30.3. The number of phosphoric acid groups is 2. The maximum Gasteiger partial charge on any atom is 0.472 e. The molecule has 0 aromatic heterocycles. The maximum atomic E-state index is 13.1. The van der Waals surface area contributed by atoms with E-state index < -0.39 is 97.5 Å². The van der Waals surface area contributed by atoms with E-state index >= 15 is 0 Å². The number of aliphatic hydroxyl groups is 1. The van der Waals surface area contributed by atoms with Gasteiger partial charge in [-0.2, -0.15) is 0 Å². The molecular formula is C76H148O17P2. The summed E-state index contributed by atoms with van der Waals surface area (Å²) >= 11 is 0. The lowest BCUT2D eigenvalue weighted by Gasteiger charge is -2.21. The van der Waals surface area contributed by atoms with Crippen LogP contribution in [0.4, 0.5) is 0 Å². The van der Waals surface area contributed by atoms with E-state index in [2.05, 4.69) is 27.7 Å². The molecule has 95 heavy (non-hydrogen) atoms. The molecule has 0 aliphatic carbocycles. The number of carbonyl (C=O) groups excluding carboxylic acids is 4. The molecule has 0 bridgehead atoms. The third kappa shape index (κ3) is 70.3. The van der Waals surface area contributed by atoms with Crippen LogP contribution >= 0.6 is 15.6 Å². The van der Waals surface area contributed by atoms with E-state index in [1.807, 2.05) is 0 Å². The van der Waals surface area contributed by atoms with E-state index in [4.69, 9.17) is 37.0 Å². The van der Waals surface area contributed by atoms with Crippen molar-refractivity contribution in [2.24, 2.45) is 0 Å².